The fourth-order valence-electron chi connectivity index (χ4n) is 1.95. The first-order valence-corrected chi connectivity index (χ1v) is 6.11. The molecule has 1 fully saturated rings. The molecule has 0 aromatic carbocycles. The van der Waals surface area contributed by atoms with Gasteiger partial charge in [0.15, 0.2) is 0 Å². The Hall–Kier alpha value is -0.320. The lowest BCUT2D eigenvalue weighted by molar-refractivity contribution is -0.127. The summed E-state index contributed by atoms with van der Waals surface area (Å²) in [6.45, 7) is 9.84. The van der Waals surface area contributed by atoms with Gasteiger partial charge in [-0.1, -0.05) is 0 Å². The van der Waals surface area contributed by atoms with Gasteiger partial charge in [-0.2, -0.15) is 0 Å². The van der Waals surface area contributed by atoms with Crippen LogP contribution in [0.5, 0.6) is 0 Å². The second-order valence-electron chi connectivity index (χ2n) is 5.79. The molecule has 0 aliphatic carbocycles. The van der Waals surface area contributed by atoms with E-state index in [1.165, 1.54) is 0 Å². The number of piperidine rings is 1. The Labute approximate surface area is 111 Å². The molecule has 0 saturated carbocycles. The van der Waals surface area contributed by atoms with Crippen LogP contribution < -0.4 is 11.1 Å². The molecule has 1 aliphatic heterocycles. The topological polar surface area (TPSA) is 58.4 Å². The van der Waals surface area contributed by atoms with Gasteiger partial charge in [0.25, 0.3) is 0 Å². The van der Waals surface area contributed by atoms with Crippen molar-refractivity contribution in [1.82, 2.24) is 10.2 Å². The molecule has 17 heavy (non-hydrogen) atoms. The van der Waals surface area contributed by atoms with Crippen molar-refractivity contribution in [3.63, 3.8) is 0 Å². The Morgan fingerprint density at radius 3 is 2.24 bits per heavy atom. The van der Waals surface area contributed by atoms with Crippen molar-refractivity contribution in [3.05, 3.63) is 0 Å². The number of rotatable bonds is 2. The van der Waals surface area contributed by atoms with Gasteiger partial charge in [0, 0.05) is 24.7 Å². The van der Waals surface area contributed by atoms with Crippen LogP contribution in [0, 0.1) is 0 Å². The van der Waals surface area contributed by atoms with E-state index in [9.17, 15) is 4.79 Å². The minimum Gasteiger partial charge on any atom is -0.350 e. The maximum absolute atomic E-state index is 12.0. The molecule has 102 valence electrons. The van der Waals surface area contributed by atoms with Crippen molar-refractivity contribution in [3.8, 4) is 0 Å². The summed E-state index contributed by atoms with van der Waals surface area (Å²) in [6.07, 6.45) is 1.99. The molecule has 1 heterocycles. The summed E-state index contributed by atoms with van der Waals surface area (Å²) in [5.41, 5.74) is 5.69. The van der Waals surface area contributed by atoms with E-state index in [0.29, 0.717) is 6.04 Å². The van der Waals surface area contributed by atoms with Crippen molar-refractivity contribution in [2.24, 2.45) is 5.73 Å². The number of nitrogens with one attached hydrogen (secondary N) is 1. The Kier molecular flexibility index (Phi) is 6.45. The highest BCUT2D eigenvalue weighted by molar-refractivity contribution is 5.85. The zero-order valence-electron chi connectivity index (χ0n) is 11.3. The average molecular weight is 264 g/mol. The van der Waals surface area contributed by atoms with Crippen LogP contribution >= 0.6 is 12.4 Å². The van der Waals surface area contributed by atoms with Crippen molar-refractivity contribution in [2.45, 2.75) is 58.2 Å². The minimum atomic E-state index is -0.155. The first-order chi connectivity index (χ1) is 7.29. The number of nitrogens with zero attached hydrogens (tertiary/aromatic N) is 1. The van der Waals surface area contributed by atoms with E-state index < -0.39 is 0 Å². The molecule has 1 saturated heterocycles. The third-order valence-corrected chi connectivity index (χ3v) is 3.00. The van der Waals surface area contributed by atoms with Crippen molar-refractivity contribution >= 4 is 18.3 Å². The van der Waals surface area contributed by atoms with Crippen LogP contribution in [0.1, 0.15) is 40.5 Å². The van der Waals surface area contributed by atoms with Crippen molar-refractivity contribution < 1.29 is 4.79 Å². The number of halogens is 1. The average Bonchev–Trinajstić information content (AvgIpc) is 2.15. The van der Waals surface area contributed by atoms with Crippen LogP contribution in [0.15, 0.2) is 0 Å². The van der Waals surface area contributed by atoms with Gasteiger partial charge >= 0.3 is 0 Å². The summed E-state index contributed by atoms with van der Waals surface area (Å²) >= 11 is 0. The van der Waals surface area contributed by atoms with Gasteiger partial charge in [0.1, 0.15) is 0 Å². The lowest BCUT2D eigenvalue weighted by Gasteiger charge is -2.35. The second kappa shape index (κ2) is 6.57. The molecule has 0 spiro atoms. The van der Waals surface area contributed by atoms with Crippen LogP contribution in [-0.4, -0.2) is 41.5 Å². The SMILES string of the molecule is CC(C(=O)NC(C)(C)C)N1CCC(N)CC1.Cl. The van der Waals surface area contributed by atoms with E-state index in [0.717, 1.165) is 25.9 Å². The number of hydrogen-bond acceptors (Lipinski definition) is 3. The normalized spacial score (nSPS) is 20.5. The van der Waals surface area contributed by atoms with Gasteiger partial charge in [0.05, 0.1) is 6.04 Å². The summed E-state index contributed by atoms with van der Waals surface area (Å²) < 4.78 is 0. The van der Waals surface area contributed by atoms with Gasteiger partial charge in [-0.15, -0.1) is 12.4 Å². The molecule has 1 unspecified atom stereocenters. The standard InChI is InChI=1S/C12H25N3O.ClH/c1-9(11(16)14-12(2,3)4)15-7-5-10(13)6-8-15;/h9-10H,5-8,13H2,1-4H3,(H,14,16);1H. The van der Waals surface area contributed by atoms with E-state index in [1.807, 2.05) is 27.7 Å². The summed E-state index contributed by atoms with van der Waals surface area (Å²) in [4.78, 5) is 14.2. The second-order valence-corrected chi connectivity index (χ2v) is 5.79. The molecule has 0 aromatic rings. The maximum Gasteiger partial charge on any atom is 0.237 e. The lowest BCUT2D eigenvalue weighted by Crippen LogP contribution is -2.53. The number of likely N-dealkylation sites (tertiary alicyclic amines) is 1. The van der Waals surface area contributed by atoms with Crippen LogP contribution in [0.3, 0.4) is 0 Å². The number of hydrogen-bond donors (Lipinski definition) is 2. The Morgan fingerprint density at radius 2 is 1.82 bits per heavy atom. The molecule has 5 heteroatoms. The molecule has 4 nitrogen and oxygen atoms in total. The smallest absolute Gasteiger partial charge is 0.237 e. The monoisotopic (exact) mass is 263 g/mol. The molecule has 0 radical (unpaired) electrons. The Balaban J connectivity index is 0.00000256. The van der Waals surface area contributed by atoms with E-state index in [1.54, 1.807) is 0 Å². The zero-order valence-corrected chi connectivity index (χ0v) is 12.1. The third-order valence-electron chi connectivity index (χ3n) is 3.00. The van der Waals surface area contributed by atoms with E-state index >= 15 is 0 Å². The molecular formula is C12H26ClN3O. The quantitative estimate of drug-likeness (QED) is 0.785. The lowest BCUT2D eigenvalue weighted by atomic mass is 10.0. The number of amides is 1. The van der Waals surface area contributed by atoms with E-state index in [4.69, 9.17) is 5.73 Å². The van der Waals surface area contributed by atoms with Crippen LogP contribution in [0.4, 0.5) is 0 Å². The first-order valence-electron chi connectivity index (χ1n) is 6.11. The summed E-state index contributed by atoms with van der Waals surface area (Å²) in [5.74, 6) is 0.114. The number of nitrogens with two attached hydrogens (primary N) is 1. The molecule has 0 aromatic heterocycles. The summed E-state index contributed by atoms with van der Waals surface area (Å²) in [5, 5.41) is 3.02. The minimum absolute atomic E-state index is 0. The predicted molar refractivity (Wildman–Crippen MR) is 73.4 cm³/mol. The highest BCUT2D eigenvalue weighted by atomic mass is 35.5. The molecule has 1 amide bonds. The molecule has 1 rings (SSSR count). The van der Waals surface area contributed by atoms with Gasteiger partial charge in [-0.05, 0) is 40.5 Å². The van der Waals surface area contributed by atoms with Crippen molar-refractivity contribution in [1.29, 1.82) is 0 Å². The largest absolute Gasteiger partial charge is 0.350 e. The molecule has 0 bridgehead atoms. The molecular weight excluding hydrogens is 238 g/mol. The Morgan fingerprint density at radius 1 is 1.35 bits per heavy atom. The fourth-order valence-corrected chi connectivity index (χ4v) is 1.95. The third kappa shape index (κ3) is 5.70. The summed E-state index contributed by atoms with van der Waals surface area (Å²) in [6, 6.07) is 0.265. The van der Waals surface area contributed by atoms with Crippen LogP contribution in [0.25, 0.3) is 0 Å². The van der Waals surface area contributed by atoms with E-state index in [-0.39, 0.29) is 29.9 Å². The molecule has 1 atom stereocenters. The predicted octanol–water partition coefficient (Wildman–Crippen LogP) is 1.13. The maximum atomic E-state index is 12.0. The molecule has 3 N–H and O–H groups in total. The zero-order chi connectivity index (χ0) is 12.3. The number of carbonyl (C=O) groups excluding carboxylic acids is 1. The van der Waals surface area contributed by atoms with E-state index in [2.05, 4.69) is 10.2 Å². The van der Waals surface area contributed by atoms with Crippen LogP contribution in [-0.2, 0) is 4.79 Å². The van der Waals surface area contributed by atoms with Gasteiger partial charge in [-0.3, -0.25) is 9.69 Å². The number of carbonyl (C=O) groups is 1. The van der Waals surface area contributed by atoms with Gasteiger partial charge < -0.3 is 11.1 Å². The van der Waals surface area contributed by atoms with Crippen LogP contribution in [0.2, 0.25) is 0 Å². The Bertz CT molecular complexity index is 245. The highest BCUT2D eigenvalue weighted by Crippen LogP contribution is 2.12. The summed E-state index contributed by atoms with van der Waals surface area (Å²) in [7, 11) is 0. The van der Waals surface area contributed by atoms with Gasteiger partial charge in [0.2, 0.25) is 5.91 Å². The fraction of sp³-hybridized carbons (Fsp3) is 0.917. The van der Waals surface area contributed by atoms with Crippen molar-refractivity contribution in [2.75, 3.05) is 13.1 Å². The first kappa shape index (κ1) is 16.7. The highest BCUT2D eigenvalue weighted by Gasteiger charge is 2.27. The van der Waals surface area contributed by atoms with Gasteiger partial charge in [-0.25, -0.2) is 0 Å². The molecule has 1 aliphatic rings.